The first-order valence-electron chi connectivity index (χ1n) is 5.01. The Hall–Kier alpha value is -1.32. The molecule has 15 heavy (non-hydrogen) atoms. The molecule has 0 aliphatic rings. The van der Waals surface area contributed by atoms with Gasteiger partial charge < -0.3 is 9.15 Å². The van der Waals surface area contributed by atoms with Crippen molar-refractivity contribution in [3.63, 3.8) is 0 Å². The summed E-state index contributed by atoms with van der Waals surface area (Å²) in [4.78, 5) is 15.4. The summed E-state index contributed by atoms with van der Waals surface area (Å²) in [5, 5.41) is 0. The number of hydrogen-bond donors (Lipinski definition) is 0. The number of aromatic nitrogens is 1. The topological polar surface area (TPSA) is 52.3 Å². The van der Waals surface area contributed by atoms with Crippen LogP contribution < -0.4 is 0 Å². The minimum absolute atomic E-state index is 0.0410. The van der Waals surface area contributed by atoms with Crippen molar-refractivity contribution in [2.75, 3.05) is 6.61 Å². The summed E-state index contributed by atoms with van der Waals surface area (Å²) in [6.07, 6.45) is 0. The van der Waals surface area contributed by atoms with Crippen LogP contribution in [0.2, 0.25) is 0 Å². The zero-order valence-corrected chi connectivity index (χ0v) is 9.88. The molecule has 0 bridgehead atoms. The summed E-state index contributed by atoms with van der Waals surface area (Å²) >= 11 is 0. The first-order valence-corrected chi connectivity index (χ1v) is 5.01. The number of ether oxygens (including phenoxy) is 1. The van der Waals surface area contributed by atoms with E-state index < -0.39 is 5.97 Å². The van der Waals surface area contributed by atoms with Gasteiger partial charge in [0.2, 0.25) is 0 Å². The van der Waals surface area contributed by atoms with E-state index in [1.54, 1.807) is 6.92 Å². The highest BCUT2D eigenvalue weighted by atomic mass is 16.5. The molecule has 84 valence electrons. The number of aryl methyl sites for hydroxylation is 1. The van der Waals surface area contributed by atoms with Crippen LogP contribution in [-0.4, -0.2) is 17.6 Å². The van der Waals surface area contributed by atoms with E-state index in [0.29, 0.717) is 6.61 Å². The van der Waals surface area contributed by atoms with Gasteiger partial charge in [-0.1, -0.05) is 20.8 Å². The maximum atomic E-state index is 11.4. The lowest BCUT2D eigenvalue weighted by molar-refractivity contribution is 0.0477. The highest BCUT2D eigenvalue weighted by molar-refractivity contribution is 5.84. The van der Waals surface area contributed by atoms with Crippen molar-refractivity contribution in [2.45, 2.75) is 40.0 Å². The maximum Gasteiger partial charge on any atom is 0.394 e. The number of oxazole rings is 1. The minimum Gasteiger partial charge on any atom is -0.459 e. The molecule has 1 aromatic heterocycles. The SMILES string of the molecule is CCOC(=O)c1nc(C)c(C(C)(C)C)o1. The molecule has 0 saturated heterocycles. The molecule has 4 nitrogen and oxygen atoms in total. The number of nitrogens with zero attached hydrogens (tertiary/aromatic N) is 1. The second-order valence-corrected chi connectivity index (χ2v) is 4.40. The third-order valence-corrected chi connectivity index (χ3v) is 1.93. The molecular formula is C11H17NO3. The standard InChI is InChI=1S/C11H17NO3/c1-6-14-10(13)9-12-7(2)8(15-9)11(3,4)5/h6H2,1-5H3. The monoisotopic (exact) mass is 211 g/mol. The third-order valence-electron chi connectivity index (χ3n) is 1.93. The Kier molecular flexibility index (Phi) is 3.17. The molecule has 1 aromatic rings. The Bertz CT molecular complexity index is 360. The third kappa shape index (κ3) is 2.58. The van der Waals surface area contributed by atoms with Crippen LogP contribution in [0, 0.1) is 6.92 Å². The van der Waals surface area contributed by atoms with E-state index >= 15 is 0 Å². The fraction of sp³-hybridized carbons (Fsp3) is 0.636. The van der Waals surface area contributed by atoms with Crippen molar-refractivity contribution in [2.24, 2.45) is 0 Å². The smallest absolute Gasteiger partial charge is 0.394 e. The predicted molar refractivity (Wildman–Crippen MR) is 55.9 cm³/mol. The van der Waals surface area contributed by atoms with Crippen LogP contribution in [0.25, 0.3) is 0 Å². The first kappa shape index (κ1) is 11.8. The summed E-state index contributed by atoms with van der Waals surface area (Å²) in [5.41, 5.74) is 0.590. The molecule has 0 amide bonds. The number of hydrogen-bond acceptors (Lipinski definition) is 4. The van der Waals surface area contributed by atoms with Crippen LogP contribution in [0.15, 0.2) is 4.42 Å². The fourth-order valence-corrected chi connectivity index (χ4v) is 1.37. The van der Waals surface area contributed by atoms with E-state index in [1.807, 2.05) is 27.7 Å². The average Bonchev–Trinajstić information content (AvgIpc) is 2.47. The fourth-order valence-electron chi connectivity index (χ4n) is 1.37. The maximum absolute atomic E-state index is 11.4. The Morgan fingerprint density at radius 2 is 2.07 bits per heavy atom. The van der Waals surface area contributed by atoms with Crippen molar-refractivity contribution in [3.8, 4) is 0 Å². The number of rotatable bonds is 2. The van der Waals surface area contributed by atoms with Crippen molar-refractivity contribution >= 4 is 5.97 Å². The number of carbonyl (C=O) groups excluding carboxylic acids is 1. The van der Waals surface area contributed by atoms with Gasteiger partial charge in [-0.05, 0) is 13.8 Å². The van der Waals surface area contributed by atoms with E-state index in [2.05, 4.69) is 4.98 Å². The highest BCUT2D eigenvalue weighted by Gasteiger charge is 2.25. The summed E-state index contributed by atoms with van der Waals surface area (Å²) < 4.78 is 10.2. The molecule has 0 atom stereocenters. The molecule has 1 heterocycles. The van der Waals surface area contributed by atoms with Crippen LogP contribution >= 0.6 is 0 Å². The molecule has 0 saturated carbocycles. The van der Waals surface area contributed by atoms with E-state index in [9.17, 15) is 4.79 Å². The van der Waals surface area contributed by atoms with Gasteiger partial charge in [-0.15, -0.1) is 0 Å². The van der Waals surface area contributed by atoms with Gasteiger partial charge in [-0.3, -0.25) is 0 Å². The molecule has 0 N–H and O–H groups in total. The van der Waals surface area contributed by atoms with Gasteiger partial charge in [0, 0.05) is 5.41 Å². The van der Waals surface area contributed by atoms with Gasteiger partial charge in [-0.2, -0.15) is 0 Å². The molecule has 1 rings (SSSR count). The Morgan fingerprint density at radius 1 is 1.47 bits per heavy atom. The molecule has 0 fully saturated rings. The average molecular weight is 211 g/mol. The lowest BCUT2D eigenvalue weighted by Gasteiger charge is -2.14. The predicted octanol–water partition coefficient (Wildman–Crippen LogP) is 2.46. The zero-order valence-electron chi connectivity index (χ0n) is 9.88. The van der Waals surface area contributed by atoms with E-state index in [4.69, 9.17) is 9.15 Å². The van der Waals surface area contributed by atoms with Gasteiger partial charge in [0.05, 0.1) is 12.3 Å². The summed E-state index contributed by atoms with van der Waals surface area (Å²) in [7, 11) is 0. The highest BCUT2D eigenvalue weighted by Crippen LogP contribution is 2.26. The van der Waals surface area contributed by atoms with Gasteiger partial charge in [0.1, 0.15) is 5.76 Å². The van der Waals surface area contributed by atoms with Crippen LogP contribution in [-0.2, 0) is 10.2 Å². The first-order chi connectivity index (χ1) is 6.86. The van der Waals surface area contributed by atoms with Crippen molar-refractivity contribution < 1.29 is 13.9 Å². The lowest BCUT2D eigenvalue weighted by Crippen LogP contribution is -2.11. The number of esters is 1. The van der Waals surface area contributed by atoms with Crippen LogP contribution in [0.3, 0.4) is 0 Å². The molecule has 4 heteroatoms. The van der Waals surface area contributed by atoms with E-state index in [-0.39, 0.29) is 11.3 Å². The normalized spacial score (nSPS) is 11.5. The van der Waals surface area contributed by atoms with Crippen LogP contribution in [0.1, 0.15) is 49.8 Å². The molecule has 0 aliphatic heterocycles. The Balaban J connectivity index is 3.01. The van der Waals surface area contributed by atoms with Gasteiger partial charge >= 0.3 is 11.9 Å². The summed E-state index contributed by atoms with van der Waals surface area (Å²) in [6.45, 7) is 9.93. The molecule has 0 unspecified atom stereocenters. The van der Waals surface area contributed by atoms with Crippen molar-refractivity contribution in [1.29, 1.82) is 0 Å². The molecule has 0 aliphatic carbocycles. The lowest BCUT2D eigenvalue weighted by atomic mass is 9.92. The second-order valence-electron chi connectivity index (χ2n) is 4.40. The summed E-state index contributed by atoms with van der Waals surface area (Å²) in [5.74, 6) is 0.265. The largest absolute Gasteiger partial charge is 0.459 e. The Morgan fingerprint density at radius 3 is 2.47 bits per heavy atom. The molecule has 0 radical (unpaired) electrons. The van der Waals surface area contributed by atoms with Crippen molar-refractivity contribution in [3.05, 3.63) is 17.3 Å². The van der Waals surface area contributed by atoms with E-state index in [0.717, 1.165) is 11.5 Å². The van der Waals surface area contributed by atoms with Gasteiger partial charge in [-0.25, -0.2) is 9.78 Å². The molecule has 0 aromatic carbocycles. The molecule has 0 spiro atoms. The van der Waals surface area contributed by atoms with Gasteiger partial charge in [0.25, 0.3) is 0 Å². The summed E-state index contributed by atoms with van der Waals surface area (Å²) in [6, 6.07) is 0. The Labute approximate surface area is 89.6 Å². The van der Waals surface area contributed by atoms with Crippen LogP contribution in [0.5, 0.6) is 0 Å². The zero-order chi connectivity index (χ0) is 11.6. The minimum atomic E-state index is -0.504. The number of carbonyl (C=O) groups is 1. The van der Waals surface area contributed by atoms with Crippen molar-refractivity contribution in [1.82, 2.24) is 4.98 Å². The second kappa shape index (κ2) is 4.04. The van der Waals surface area contributed by atoms with E-state index in [1.165, 1.54) is 0 Å². The van der Waals surface area contributed by atoms with Crippen LogP contribution in [0.4, 0.5) is 0 Å². The quantitative estimate of drug-likeness (QED) is 0.705. The van der Waals surface area contributed by atoms with Gasteiger partial charge in [0.15, 0.2) is 0 Å². The molecular weight excluding hydrogens is 194 g/mol.